The molecule has 1 aliphatic rings. The lowest BCUT2D eigenvalue weighted by molar-refractivity contribution is -0.141. The summed E-state index contributed by atoms with van der Waals surface area (Å²) < 4.78 is 0. The fourth-order valence-electron chi connectivity index (χ4n) is 2.61. The van der Waals surface area contributed by atoms with Gasteiger partial charge in [-0.1, -0.05) is 25.1 Å². The highest BCUT2D eigenvalue weighted by Crippen LogP contribution is 2.31. The first-order valence-electron chi connectivity index (χ1n) is 7.43. The van der Waals surface area contributed by atoms with Gasteiger partial charge in [-0.3, -0.25) is 9.59 Å². The van der Waals surface area contributed by atoms with Crippen LogP contribution >= 0.6 is 0 Å². The third-order valence-electron chi connectivity index (χ3n) is 3.94. The third-order valence-corrected chi connectivity index (χ3v) is 3.94. The van der Waals surface area contributed by atoms with Crippen LogP contribution in [0.2, 0.25) is 0 Å². The molecule has 2 atom stereocenters. The molecule has 114 valence electrons. The van der Waals surface area contributed by atoms with Crippen LogP contribution in [0.3, 0.4) is 0 Å². The highest BCUT2D eigenvalue weighted by atomic mass is 16.4. The van der Waals surface area contributed by atoms with Crippen LogP contribution in [0.15, 0.2) is 24.3 Å². The average Bonchev–Trinajstić information content (AvgIpc) is 2.50. The molecule has 0 fully saturated rings. The minimum atomic E-state index is -0.784. The number of nitrogens with one attached hydrogen (secondary N) is 2. The molecule has 0 bridgehead atoms. The van der Waals surface area contributed by atoms with Gasteiger partial charge in [-0.2, -0.15) is 0 Å². The van der Waals surface area contributed by atoms with Crippen molar-refractivity contribution in [1.29, 1.82) is 0 Å². The molecule has 1 amide bonds. The van der Waals surface area contributed by atoms with Crippen LogP contribution in [0.4, 0.5) is 5.69 Å². The van der Waals surface area contributed by atoms with Crippen LogP contribution in [0, 0.1) is 5.92 Å². The zero-order valence-corrected chi connectivity index (χ0v) is 12.3. The first-order chi connectivity index (χ1) is 10.1. The number of hydrogen-bond acceptors (Lipinski definition) is 3. The fourth-order valence-corrected chi connectivity index (χ4v) is 2.61. The molecule has 0 aliphatic carbocycles. The van der Waals surface area contributed by atoms with Gasteiger partial charge in [-0.05, 0) is 30.9 Å². The third kappa shape index (κ3) is 3.97. The van der Waals surface area contributed by atoms with Gasteiger partial charge in [0, 0.05) is 18.8 Å². The van der Waals surface area contributed by atoms with Gasteiger partial charge in [0.1, 0.15) is 0 Å². The maximum absolute atomic E-state index is 12.3. The smallest absolute Gasteiger partial charge is 0.306 e. The molecule has 2 rings (SSSR count). The Balaban J connectivity index is 1.83. The van der Waals surface area contributed by atoms with E-state index in [4.69, 9.17) is 5.11 Å². The molecule has 1 aliphatic heterocycles. The van der Waals surface area contributed by atoms with Crippen molar-refractivity contribution >= 4 is 17.6 Å². The van der Waals surface area contributed by atoms with Crippen molar-refractivity contribution in [2.24, 2.45) is 5.92 Å². The predicted molar refractivity (Wildman–Crippen MR) is 81.3 cm³/mol. The van der Waals surface area contributed by atoms with Gasteiger partial charge in [-0.25, -0.2) is 0 Å². The van der Waals surface area contributed by atoms with Gasteiger partial charge in [0.05, 0.1) is 11.8 Å². The Morgan fingerprint density at radius 3 is 2.95 bits per heavy atom. The number of carbonyl (C=O) groups excluding carboxylic acids is 1. The molecule has 2 unspecified atom stereocenters. The summed E-state index contributed by atoms with van der Waals surface area (Å²) >= 11 is 0. The second-order valence-corrected chi connectivity index (χ2v) is 5.53. The molecular formula is C16H22N2O3. The number of para-hydroxylation sites is 1. The Hall–Kier alpha value is -2.04. The number of benzene rings is 1. The lowest BCUT2D eigenvalue weighted by Crippen LogP contribution is -2.33. The number of hydrogen-bond donors (Lipinski definition) is 3. The van der Waals surface area contributed by atoms with Gasteiger partial charge < -0.3 is 15.7 Å². The topological polar surface area (TPSA) is 78.4 Å². The molecule has 0 saturated heterocycles. The van der Waals surface area contributed by atoms with E-state index in [-0.39, 0.29) is 17.7 Å². The number of fused-ring (bicyclic) bond motifs is 1. The first kappa shape index (κ1) is 15.4. The van der Waals surface area contributed by atoms with E-state index in [1.54, 1.807) is 6.92 Å². The molecule has 1 heterocycles. The van der Waals surface area contributed by atoms with Crippen LogP contribution in [-0.4, -0.2) is 30.1 Å². The van der Waals surface area contributed by atoms with Crippen molar-refractivity contribution < 1.29 is 14.7 Å². The van der Waals surface area contributed by atoms with Gasteiger partial charge in [-0.15, -0.1) is 0 Å². The second-order valence-electron chi connectivity index (χ2n) is 5.53. The molecule has 0 radical (unpaired) electrons. The van der Waals surface area contributed by atoms with Crippen molar-refractivity contribution in [3.05, 3.63) is 29.8 Å². The Morgan fingerprint density at radius 2 is 2.19 bits per heavy atom. The number of carbonyl (C=O) groups is 2. The van der Waals surface area contributed by atoms with Crippen molar-refractivity contribution in [3.63, 3.8) is 0 Å². The summed E-state index contributed by atoms with van der Waals surface area (Å²) in [5.41, 5.74) is 2.07. The fraction of sp³-hybridized carbons (Fsp3) is 0.500. The van der Waals surface area contributed by atoms with Crippen LogP contribution in [0.5, 0.6) is 0 Å². The largest absolute Gasteiger partial charge is 0.481 e. The van der Waals surface area contributed by atoms with Crippen LogP contribution in [0.25, 0.3) is 0 Å². The minimum Gasteiger partial charge on any atom is -0.481 e. The van der Waals surface area contributed by atoms with E-state index in [2.05, 4.69) is 10.6 Å². The van der Waals surface area contributed by atoms with E-state index in [1.807, 2.05) is 24.3 Å². The lowest BCUT2D eigenvalue weighted by Gasteiger charge is -2.25. The van der Waals surface area contributed by atoms with Crippen molar-refractivity contribution in [3.8, 4) is 0 Å². The monoisotopic (exact) mass is 290 g/mol. The quantitative estimate of drug-likeness (QED) is 0.702. The molecule has 5 heteroatoms. The van der Waals surface area contributed by atoms with E-state index >= 15 is 0 Å². The van der Waals surface area contributed by atoms with Gasteiger partial charge >= 0.3 is 5.97 Å². The van der Waals surface area contributed by atoms with E-state index < -0.39 is 5.97 Å². The summed E-state index contributed by atoms with van der Waals surface area (Å²) in [7, 11) is 0. The number of carboxylic acid groups (broad SMARTS) is 1. The van der Waals surface area contributed by atoms with Gasteiger partial charge in [0.2, 0.25) is 5.91 Å². The van der Waals surface area contributed by atoms with Crippen LogP contribution in [0.1, 0.15) is 37.7 Å². The van der Waals surface area contributed by atoms with Crippen molar-refractivity contribution in [2.75, 3.05) is 18.4 Å². The zero-order valence-electron chi connectivity index (χ0n) is 12.3. The number of aliphatic carboxylic acids is 1. The summed E-state index contributed by atoms with van der Waals surface area (Å²) in [6.07, 6.45) is 2.05. The standard InChI is InChI=1S/C16H22N2O3/c1-11(16(20)21)5-4-9-18-15(19)13-8-10-17-14-7-3-2-6-12(13)14/h2-3,6-7,11,13,17H,4-5,8-10H2,1H3,(H,18,19)(H,20,21). The Kier molecular flexibility index (Phi) is 5.20. The van der Waals surface area contributed by atoms with Gasteiger partial charge in [0.25, 0.3) is 0 Å². The predicted octanol–water partition coefficient (Wildman–Crippen LogP) is 2.20. The van der Waals surface area contributed by atoms with Crippen LogP contribution in [-0.2, 0) is 9.59 Å². The van der Waals surface area contributed by atoms with E-state index in [9.17, 15) is 9.59 Å². The molecule has 5 nitrogen and oxygen atoms in total. The number of carboxylic acids is 1. The van der Waals surface area contributed by atoms with Crippen LogP contribution < -0.4 is 10.6 Å². The molecule has 0 aromatic heterocycles. The maximum atomic E-state index is 12.3. The summed E-state index contributed by atoms with van der Waals surface area (Å²) in [6.45, 7) is 3.01. The van der Waals surface area contributed by atoms with Crippen molar-refractivity contribution in [2.45, 2.75) is 32.1 Å². The number of anilines is 1. The lowest BCUT2D eigenvalue weighted by atomic mass is 9.90. The Labute approximate surface area is 124 Å². The first-order valence-corrected chi connectivity index (χ1v) is 7.43. The molecule has 21 heavy (non-hydrogen) atoms. The molecular weight excluding hydrogens is 268 g/mol. The highest BCUT2D eigenvalue weighted by Gasteiger charge is 2.25. The SMILES string of the molecule is CC(CCCNC(=O)C1CCNc2ccccc21)C(=O)O. The highest BCUT2D eigenvalue weighted by molar-refractivity contribution is 5.86. The number of rotatable bonds is 6. The Morgan fingerprint density at radius 1 is 1.43 bits per heavy atom. The number of amides is 1. The van der Waals surface area contributed by atoms with E-state index in [1.165, 1.54) is 0 Å². The molecule has 3 N–H and O–H groups in total. The zero-order chi connectivity index (χ0) is 15.2. The van der Waals surface area contributed by atoms with E-state index in [0.717, 1.165) is 24.2 Å². The summed E-state index contributed by atoms with van der Waals surface area (Å²) in [6, 6.07) is 7.88. The maximum Gasteiger partial charge on any atom is 0.306 e. The second kappa shape index (κ2) is 7.11. The Bertz CT molecular complexity index is 516. The van der Waals surface area contributed by atoms with Gasteiger partial charge in [0.15, 0.2) is 0 Å². The molecule has 1 aromatic carbocycles. The minimum absolute atomic E-state index is 0.0342. The molecule has 0 spiro atoms. The average molecular weight is 290 g/mol. The summed E-state index contributed by atoms with van der Waals surface area (Å²) in [5, 5.41) is 15.0. The summed E-state index contributed by atoms with van der Waals surface area (Å²) in [4.78, 5) is 23.0. The molecule has 0 saturated carbocycles. The summed E-state index contributed by atoms with van der Waals surface area (Å²) in [5.74, 6) is -1.22. The normalized spacial score (nSPS) is 18.2. The molecule has 1 aromatic rings. The van der Waals surface area contributed by atoms with E-state index in [0.29, 0.717) is 19.4 Å². The van der Waals surface area contributed by atoms with Crippen molar-refractivity contribution in [1.82, 2.24) is 5.32 Å².